The number of carbonyl (C=O) groups excluding carboxylic acids is 1. The number of anilines is 2. The molecular weight excluding hydrogens is 326 g/mol. The van der Waals surface area contributed by atoms with Gasteiger partial charge in [0.25, 0.3) is 0 Å². The summed E-state index contributed by atoms with van der Waals surface area (Å²) in [6.45, 7) is 9.38. The number of benzene rings is 2. The van der Waals surface area contributed by atoms with Crippen molar-refractivity contribution in [3.63, 3.8) is 0 Å². The molecular formula is C21H29N3O2. The highest BCUT2D eigenvalue weighted by Crippen LogP contribution is 2.17. The van der Waals surface area contributed by atoms with Crippen molar-refractivity contribution < 1.29 is 9.53 Å². The van der Waals surface area contributed by atoms with Gasteiger partial charge in [-0.2, -0.15) is 0 Å². The maximum Gasteiger partial charge on any atom is 0.319 e. The molecule has 2 amide bonds. The number of hydrogen-bond donors (Lipinski definition) is 2. The van der Waals surface area contributed by atoms with Gasteiger partial charge in [0.05, 0.1) is 6.61 Å². The average Bonchev–Trinajstić information content (AvgIpc) is 2.65. The lowest BCUT2D eigenvalue weighted by molar-refractivity contribution is 0.250. The van der Waals surface area contributed by atoms with Gasteiger partial charge in [0.1, 0.15) is 5.75 Å². The molecule has 0 saturated carbocycles. The molecule has 2 aromatic carbocycles. The van der Waals surface area contributed by atoms with Crippen molar-refractivity contribution in [2.75, 3.05) is 36.5 Å². The molecule has 0 heterocycles. The fraction of sp³-hybridized carbons (Fsp3) is 0.381. The van der Waals surface area contributed by atoms with Crippen LogP contribution in [0, 0.1) is 6.92 Å². The van der Waals surface area contributed by atoms with Crippen LogP contribution in [0.3, 0.4) is 0 Å². The van der Waals surface area contributed by atoms with E-state index in [2.05, 4.69) is 29.4 Å². The molecule has 0 bridgehead atoms. The first-order chi connectivity index (χ1) is 12.6. The van der Waals surface area contributed by atoms with Crippen LogP contribution in [0.15, 0.2) is 48.5 Å². The molecule has 0 unspecified atom stereocenters. The molecule has 0 atom stereocenters. The van der Waals surface area contributed by atoms with Gasteiger partial charge in [-0.25, -0.2) is 4.79 Å². The van der Waals surface area contributed by atoms with Gasteiger partial charge in [0.2, 0.25) is 0 Å². The van der Waals surface area contributed by atoms with E-state index in [4.69, 9.17) is 4.74 Å². The molecule has 5 nitrogen and oxygen atoms in total. The van der Waals surface area contributed by atoms with Crippen LogP contribution in [0.25, 0.3) is 0 Å². The second-order valence-electron chi connectivity index (χ2n) is 6.12. The molecule has 2 rings (SSSR count). The Morgan fingerprint density at radius 1 is 1.00 bits per heavy atom. The Kier molecular flexibility index (Phi) is 7.80. The van der Waals surface area contributed by atoms with Crippen LogP contribution in [-0.2, 0) is 0 Å². The zero-order chi connectivity index (χ0) is 18.8. The molecule has 26 heavy (non-hydrogen) atoms. The lowest BCUT2D eigenvalue weighted by atomic mass is 10.2. The monoisotopic (exact) mass is 355 g/mol. The van der Waals surface area contributed by atoms with Crippen LogP contribution in [0.2, 0.25) is 0 Å². The average molecular weight is 355 g/mol. The standard InChI is InChI=1S/C21H29N3O2/c1-4-24(5-2)19-11-9-18(10-12-19)23-21(25)22-15-6-16-26-20-13-7-17(3)8-14-20/h7-14H,4-6,15-16H2,1-3H3,(H2,22,23,25). The number of amides is 2. The fourth-order valence-electron chi connectivity index (χ4n) is 2.62. The highest BCUT2D eigenvalue weighted by molar-refractivity contribution is 5.89. The third-order valence-corrected chi connectivity index (χ3v) is 4.15. The van der Waals surface area contributed by atoms with Crippen LogP contribution in [-0.4, -0.2) is 32.3 Å². The summed E-state index contributed by atoms with van der Waals surface area (Å²) in [5, 5.41) is 5.70. The maximum atomic E-state index is 11.9. The number of ether oxygens (including phenoxy) is 1. The first-order valence-corrected chi connectivity index (χ1v) is 9.21. The highest BCUT2D eigenvalue weighted by atomic mass is 16.5. The molecule has 0 saturated heterocycles. The summed E-state index contributed by atoms with van der Waals surface area (Å²) in [5.41, 5.74) is 3.16. The third-order valence-electron chi connectivity index (χ3n) is 4.15. The zero-order valence-corrected chi connectivity index (χ0v) is 15.9. The molecule has 2 N–H and O–H groups in total. The summed E-state index contributed by atoms with van der Waals surface area (Å²) >= 11 is 0. The summed E-state index contributed by atoms with van der Waals surface area (Å²) in [6.07, 6.45) is 0.752. The summed E-state index contributed by atoms with van der Waals surface area (Å²) in [7, 11) is 0. The highest BCUT2D eigenvalue weighted by Gasteiger charge is 2.04. The fourth-order valence-corrected chi connectivity index (χ4v) is 2.62. The van der Waals surface area contributed by atoms with E-state index in [0.717, 1.165) is 36.6 Å². The predicted octanol–water partition coefficient (Wildman–Crippen LogP) is 4.43. The predicted molar refractivity (Wildman–Crippen MR) is 108 cm³/mol. The van der Waals surface area contributed by atoms with Gasteiger partial charge in [0.15, 0.2) is 0 Å². The maximum absolute atomic E-state index is 11.9. The first kappa shape index (κ1) is 19.6. The van der Waals surface area contributed by atoms with Crippen molar-refractivity contribution in [1.29, 1.82) is 0 Å². The summed E-state index contributed by atoms with van der Waals surface area (Å²) < 4.78 is 5.64. The van der Waals surface area contributed by atoms with Crippen molar-refractivity contribution in [1.82, 2.24) is 5.32 Å². The number of nitrogens with one attached hydrogen (secondary N) is 2. The number of nitrogens with zero attached hydrogens (tertiary/aromatic N) is 1. The Morgan fingerprint density at radius 2 is 1.65 bits per heavy atom. The van der Waals surface area contributed by atoms with Crippen LogP contribution in [0.4, 0.5) is 16.2 Å². The van der Waals surface area contributed by atoms with E-state index in [1.807, 2.05) is 55.5 Å². The lowest BCUT2D eigenvalue weighted by Gasteiger charge is -2.21. The second kappa shape index (κ2) is 10.3. The van der Waals surface area contributed by atoms with Crippen molar-refractivity contribution in [3.8, 4) is 5.75 Å². The number of rotatable bonds is 9. The molecule has 5 heteroatoms. The smallest absolute Gasteiger partial charge is 0.319 e. The van der Waals surface area contributed by atoms with E-state index in [-0.39, 0.29) is 6.03 Å². The van der Waals surface area contributed by atoms with Crippen LogP contribution in [0.5, 0.6) is 5.75 Å². The SMILES string of the molecule is CCN(CC)c1ccc(NC(=O)NCCCOc2ccc(C)cc2)cc1. The minimum Gasteiger partial charge on any atom is -0.494 e. The molecule has 0 aliphatic rings. The molecule has 0 aliphatic carbocycles. The van der Waals surface area contributed by atoms with Crippen LogP contribution < -0.4 is 20.3 Å². The van der Waals surface area contributed by atoms with Gasteiger partial charge in [-0.15, -0.1) is 0 Å². The summed E-state index contributed by atoms with van der Waals surface area (Å²) in [4.78, 5) is 14.2. The normalized spacial score (nSPS) is 10.3. The first-order valence-electron chi connectivity index (χ1n) is 9.21. The zero-order valence-electron chi connectivity index (χ0n) is 15.9. The second-order valence-corrected chi connectivity index (χ2v) is 6.12. The molecule has 0 aromatic heterocycles. The minimum absolute atomic E-state index is 0.198. The topological polar surface area (TPSA) is 53.6 Å². The van der Waals surface area contributed by atoms with Crippen LogP contribution >= 0.6 is 0 Å². The number of aryl methyl sites for hydroxylation is 1. The Hall–Kier alpha value is -2.69. The van der Waals surface area contributed by atoms with Gasteiger partial charge >= 0.3 is 6.03 Å². The van der Waals surface area contributed by atoms with Gasteiger partial charge < -0.3 is 20.3 Å². The van der Waals surface area contributed by atoms with E-state index in [1.54, 1.807) is 0 Å². The van der Waals surface area contributed by atoms with Crippen molar-refractivity contribution in [2.45, 2.75) is 27.2 Å². The number of carbonyl (C=O) groups is 1. The molecule has 0 aliphatic heterocycles. The third kappa shape index (κ3) is 6.31. The van der Waals surface area contributed by atoms with E-state index in [9.17, 15) is 4.79 Å². The molecule has 140 valence electrons. The van der Waals surface area contributed by atoms with Gasteiger partial charge in [-0.3, -0.25) is 0 Å². The van der Waals surface area contributed by atoms with Crippen LogP contribution in [0.1, 0.15) is 25.8 Å². The van der Waals surface area contributed by atoms with Crippen molar-refractivity contribution >= 4 is 17.4 Å². The number of urea groups is 1. The molecule has 0 radical (unpaired) electrons. The number of hydrogen-bond acceptors (Lipinski definition) is 3. The van der Waals surface area contributed by atoms with E-state index in [0.29, 0.717) is 13.2 Å². The van der Waals surface area contributed by atoms with Gasteiger partial charge in [-0.05, 0) is 63.6 Å². The Balaban J connectivity index is 1.66. The Labute approximate surface area is 156 Å². The van der Waals surface area contributed by atoms with Gasteiger partial charge in [0, 0.05) is 31.0 Å². The van der Waals surface area contributed by atoms with E-state index >= 15 is 0 Å². The Bertz CT molecular complexity index is 665. The quantitative estimate of drug-likeness (QED) is 0.654. The Morgan fingerprint density at radius 3 is 2.27 bits per heavy atom. The van der Waals surface area contributed by atoms with Crippen molar-refractivity contribution in [3.05, 3.63) is 54.1 Å². The molecule has 0 spiro atoms. The lowest BCUT2D eigenvalue weighted by Crippen LogP contribution is -2.30. The molecule has 0 fully saturated rings. The van der Waals surface area contributed by atoms with Crippen molar-refractivity contribution in [2.24, 2.45) is 0 Å². The minimum atomic E-state index is -0.198. The molecule has 2 aromatic rings. The summed E-state index contributed by atoms with van der Waals surface area (Å²) in [6, 6.07) is 15.7. The van der Waals surface area contributed by atoms with Gasteiger partial charge in [-0.1, -0.05) is 17.7 Å². The van der Waals surface area contributed by atoms with E-state index < -0.39 is 0 Å². The summed E-state index contributed by atoms with van der Waals surface area (Å²) in [5.74, 6) is 0.855. The van der Waals surface area contributed by atoms with E-state index in [1.165, 1.54) is 5.56 Å². The largest absolute Gasteiger partial charge is 0.494 e.